The minimum absolute atomic E-state index is 0.264. The van der Waals surface area contributed by atoms with Crippen molar-refractivity contribution in [3.05, 3.63) is 50.1 Å². The van der Waals surface area contributed by atoms with Gasteiger partial charge in [0, 0.05) is 10.6 Å². The molecule has 0 fully saturated rings. The Hall–Kier alpha value is -0.720. The first-order valence-electron chi connectivity index (χ1n) is 5.27. The van der Waals surface area contributed by atoms with E-state index in [1.54, 1.807) is 17.8 Å². The molecular formula is C12H10Cl2N2OS2. The summed E-state index contributed by atoms with van der Waals surface area (Å²) in [6.45, 7) is 0. The van der Waals surface area contributed by atoms with Crippen molar-refractivity contribution < 1.29 is 4.79 Å². The zero-order valence-electron chi connectivity index (χ0n) is 9.65. The number of hydrogen-bond acceptors (Lipinski definition) is 4. The Morgan fingerprint density at radius 1 is 1.32 bits per heavy atom. The van der Waals surface area contributed by atoms with Crippen molar-refractivity contribution in [3.8, 4) is 0 Å². The van der Waals surface area contributed by atoms with Gasteiger partial charge in [-0.25, -0.2) is 5.84 Å². The number of rotatable bonds is 4. The second-order valence-corrected chi connectivity index (χ2v) is 6.39. The third-order valence-electron chi connectivity index (χ3n) is 2.37. The van der Waals surface area contributed by atoms with E-state index in [9.17, 15) is 4.79 Å². The molecular weight excluding hydrogens is 323 g/mol. The van der Waals surface area contributed by atoms with Gasteiger partial charge in [0.15, 0.2) is 0 Å². The van der Waals surface area contributed by atoms with Crippen LogP contribution in [0, 0.1) is 0 Å². The largest absolute Gasteiger partial charge is 0.289 e. The zero-order chi connectivity index (χ0) is 13.8. The second kappa shape index (κ2) is 6.63. The van der Waals surface area contributed by atoms with E-state index in [1.165, 1.54) is 11.3 Å². The monoisotopic (exact) mass is 332 g/mol. The fourth-order valence-corrected chi connectivity index (χ4v) is 3.65. The molecule has 1 aromatic carbocycles. The summed E-state index contributed by atoms with van der Waals surface area (Å²) in [5, 5.41) is 2.93. The highest BCUT2D eigenvalue weighted by atomic mass is 35.5. The highest BCUT2D eigenvalue weighted by Crippen LogP contribution is 2.31. The van der Waals surface area contributed by atoms with Gasteiger partial charge in [0.2, 0.25) is 0 Å². The van der Waals surface area contributed by atoms with Gasteiger partial charge in [-0.2, -0.15) is 0 Å². The SMILES string of the molecule is NNC(=O)c1sccc1CSc1ccc(Cl)c(Cl)c1. The fraction of sp³-hybridized carbons (Fsp3) is 0.0833. The van der Waals surface area contributed by atoms with Crippen LogP contribution in [0.25, 0.3) is 0 Å². The maximum Gasteiger partial charge on any atom is 0.275 e. The summed E-state index contributed by atoms with van der Waals surface area (Å²) in [6.07, 6.45) is 0. The van der Waals surface area contributed by atoms with Crippen LogP contribution in [0.1, 0.15) is 15.2 Å². The normalized spacial score (nSPS) is 10.5. The molecule has 7 heteroatoms. The van der Waals surface area contributed by atoms with Gasteiger partial charge in [-0.15, -0.1) is 23.1 Å². The first kappa shape index (κ1) is 14.7. The van der Waals surface area contributed by atoms with E-state index >= 15 is 0 Å². The van der Waals surface area contributed by atoms with Crippen molar-refractivity contribution in [2.45, 2.75) is 10.6 Å². The molecule has 100 valence electrons. The van der Waals surface area contributed by atoms with E-state index < -0.39 is 0 Å². The number of nitrogens with one attached hydrogen (secondary N) is 1. The van der Waals surface area contributed by atoms with Crippen molar-refractivity contribution in [1.82, 2.24) is 5.43 Å². The van der Waals surface area contributed by atoms with E-state index in [0.717, 1.165) is 10.5 Å². The Morgan fingerprint density at radius 3 is 2.79 bits per heavy atom. The number of hydrogen-bond donors (Lipinski definition) is 2. The van der Waals surface area contributed by atoms with Crippen LogP contribution in [0.5, 0.6) is 0 Å². The van der Waals surface area contributed by atoms with Gasteiger partial charge in [0.1, 0.15) is 0 Å². The van der Waals surface area contributed by atoms with E-state index in [4.69, 9.17) is 29.0 Å². The van der Waals surface area contributed by atoms with Gasteiger partial charge in [0.05, 0.1) is 14.9 Å². The van der Waals surface area contributed by atoms with Crippen LogP contribution in [0.4, 0.5) is 0 Å². The number of nitrogen functional groups attached to an aromatic ring is 1. The lowest BCUT2D eigenvalue weighted by Crippen LogP contribution is -2.29. The number of hydrazine groups is 1. The molecule has 0 bridgehead atoms. The molecule has 0 unspecified atom stereocenters. The minimum atomic E-state index is -0.264. The predicted octanol–water partition coefficient (Wildman–Crippen LogP) is 3.95. The number of thiophene rings is 1. The molecule has 2 aromatic rings. The summed E-state index contributed by atoms with van der Waals surface area (Å²) in [5.41, 5.74) is 3.09. The summed E-state index contributed by atoms with van der Waals surface area (Å²) in [7, 11) is 0. The first-order valence-corrected chi connectivity index (χ1v) is 7.89. The highest BCUT2D eigenvalue weighted by molar-refractivity contribution is 7.98. The molecule has 1 aromatic heterocycles. The van der Waals surface area contributed by atoms with Crippen LogP contribution in [0.3, 0.4) is 0 Å². The van der Waals surface area contributed by atoms with E-state index in [2.05, 4.69) is 5.43 Å². The van der Waals surface area contributed by atoms with Crippen molar-refractivity contribution in [3.63, 3.8) is 0 Å². The molecule has 0 atom stereocenters. The Morgan fingerprint density at radius 2 is 2.11 bits per heavy atom. The highest BCUT2D eigenvalue weighted by Gasteiger charge is 2.12. The number of halogens is 2. The summed E-state index contributed by atoms with van der Waals surface area (Å²) < 4.78 is 0. The smallest absolute Gasteiger partial charge is 0.275 e. The third-order valence-corrected chi connectivity index (χ3v) is 5.11. The number of amides is 1. The topological polar surface area (TPSA) is 55.1 Å². The summed E-state index contributed by atoms with van der Waals surface area (Å²) in [4.78, 5) is 13.2. The molecule has 3 N–H and O–H groups in total. The molecule has 0 radical (unpaired) electrons. The molecule has 19 heavy (non-hydrogen) atoms. The second-order valence-electron chi connectivity index (χ2n) is 3.61. The maximum absolute atomic E-state index is 11.5. The molecule has 0 spiro atoms. The minimum Gasteiger partial charge on any atom is -0.289 e. The number of carbonyl (C=O) groups is 1. The third kappa shape index (κ3) is 3.64. The van der Waals surface area contributed by atoms with Gasteiger partial charge in [0.25, 0.3) is 5.91 Å². The van der Waals surface area contributed by atoms with Crippen molar-refractivity contribution in [2.24, 2.45) is 5.84 Å². The Kier molecular flexibility index (Phi) is 5.13. The lowest BCUT2D eigenvalue weighted by molar-refractivity contribution is 0.0957. The molecule has 2 rings (SSSR count). The molecule has 1 amide bonds. The quantitative estimate of drug-likeness (QED) is 0.385. The van der Waals surface area contributed by atoms with Crippen LogP contribution in [-0.2, 0) is 5.75 Å². The first-order chi connectivity index (χ1) is 9.11. The van der Waals surface area contributed by atoms with Crippen molar-refractivity contribution >= 4 is 52.2 Å². The predicted molar refractivity (Wildman–Crippen MR) is 82.0 cm³/mol. The standard InChI is InChI=1S/C12H10Cl2N2OS2/c13-9-2-1-8(5-10(9)14)19-6-7-3-4-18-11(7)12(17)16-15/h1-5H,6,15H2,(H,16,17). The van der Waals surface area contributed by atoms with E-state index in [0.29, 0.717) is 20.7 Å². The van der Waals surface area contributed by atoms with Crippen LogP contribution in [0.2, 0.25) is 10.0 Å². The number of benzene rings is 1. The fourth-order valence-electron chi connectivity index (χ4n) is 1.44. The Bertz CT molecular complexity index is 601. The van der Waals surface area contributed by atoms with Crippen LogP contribution >= 0.6 is 46.3 Å². The molecule has 0 aliphatic carbocycles. The van der Waals surface area contributed by atoms with Gasteiger partial charge in [-0.3, -0.25) is 10.2 Å². The van der Waals surface area contributed by atoms with Crippen molar-refractivity contribution in [2.75, 3.05) is 0 Å². The maximum atomic E-state index is 11.5. The van der Waals surface area contributed by atoms with Gasteiger partial charge in [-0.1, -0.05) is 23.2 Å². The van der Waals surface area contributed by atoms with E-state index in [1.807, 2.05) is 23.6 Å². The molecule has 1 heterocycles. The average Bonchev–Trinajstić information content (AvgIpc) is 2.87. The van der Waals surface area contributed by atoms with Gasteiger partial charge >= 0.3 is 0 Å². The van der Waals surface area contributed by atoms with Crippen molar-refractivity contribution in [1.29, 1.82) is 0 Å². The molecule has 0 aliphatic heterocycles. The molecule has 0 saturated carbocycles. The van der Waals surface area contributed by atoms with Crippen LogP contribution in [0.15, 0.2) is 34.5 Å². The number of carbonyl (C=O) groups excluding carboxylic acids is 1. The lowest BCUT2D eigenvalue weighted by Gasteiger charge is -2.04. The van der Waals surface area contributed by atoms with Gasteiger partial charge in [-0.05, 0) is 35.2 Å². The van der Waals surface area contributed by atoms with Crippen LogP contribution < -0.4 is 11.3 Å². The summed E-state index contributed by atoms with van der Waals surface area (Å²) in [5.74, 6) is 5.55. The summed E-state index contributed by atoms with van der Waals surface area (Å²) >= 11 is 14.8. The Balaban J connectivity index is 2.08. The van der Waals surface area contributed by atoms with E-state index in [-0.39, 0.29) is 5.91 Å². The molecule has 0 saturated heterocycles. The number of nitrogens with two attached hydrogens (primary N) is 1. The summed E-state index contributed by atoms with van der Waals surface area (Å²) in [6, 6.07) is 7.38. The lowest BCUT2D eigenvalue weighted by atomic mass is 10.3. The van der Waals surface area contributed by atoms with Crippen LogP contribution in [-0.4, -0.2) is 5.91 Å². The molecule has 0 aliphatic rings. The zero-order valence-corrected chi connectivity index (χ0v) is 12.8. The Labute approximate surface area is 129 Å². The molecule has 3 nitrogen and oxygen atoms in total. The number of thioether (sulfide) groups is 1. The van der Waals surface area contributed by atoms with Gasteiger partial charge < -0.3 is 0 Å². The average molecular weight is 333 g/mol.